The van der Waals surface area contributed by atoms with E-state index in [1.54, 1.807) is 32.9 Å². The highest BCUT2D eigenvalue weighted by Crippen LogP contribution is 2.32. The highest BCUT2D eigenvalue weighted by atomic mass is 32.2. The lowest BCUT2D eigenvalue weighted by atomic mass is 9.85. The van der Waals surface area contributed by atoms with Crippen LogP contribution in [0.1, 0.15) is 84.2 Å². The molecule has 6 N–H and O–H groups in total. The summed E-state index contributed by atoms with van der Waals surface area (Å²) in [6.07, 6.45) is -2.27. The number of urea groups is 1. The summed E-state index contributed by atoms with van der Waals surface area (Å²) in [5.74, 6) is -2.82. The molecule has 0 spiro atoms. The lowest BCUT2D eigenvalue weighted by Gasteiger charge is -2.37. The Kier molecular flexibility index (Phi) is 15.8. The van der Waals surface area contributed by atoms with Crippen molar-refractivity contribution in [2.45, 2.75) is 105 Å². The molecule has 0 bridgehead atoms. The first-order chi connectivity index (χ1) is 24.2. The first kappa shape index (κ1) is 45.3. The van der Waals surface area contributed by atoms with E-state index in [0.29, 0.717) is 12.0 Å². The van der Waals surface area contributed by atoms with Gasteiger partial charge in [-0.3, -0.25) is 19.2 Å². The smallest absolute Gasteiger partial charge is 0.315 e. The van der Waals surface area contributed by atoms with E-state index in [1.165, 1.54) is 24.1 Å². The number of likely N-dealkylation sites (tertiary alicyclic amines) is 1. The second kappa shape index (κ2) is 18.5. The molecule has 5 atom stereocenters. The van der Waals surface area contributed by atoms with Crippen molar-refractivity contribution in [2.75, 3.05) is 32.9 Å². The zero-order valence-electron chi connectivity index (χ0n) is 32.6. The van der Waals surface area contributed by atoms with Gasteiger partial charge in [-0.25, -0.2) is 26.3 Å². The number of benzene rings is 1. The van der Waals surface area contributed by atoms with Crippen LogP contribution in [0, 0.1) is 22.7 Å². The summed E-state index contributed by atoms with van der Waals surface area (Å²) < 4.78 is 52.7. The molecule has 300 valence electrons. The molecule has 14 nitrogen and oxygen atoms in total. The van der Waals surface area contributed by atoms with Gasteiger partial charge in [0.15, 0.2) is 0 Å². The minimum absolute atomic E-state index is 0.0221. The summed E-state index contributed by atoms with van der Waals surface area (Å²) in [6, 6.07) is 1.20. The molecule has 0 aromatic heterocycles. The SMILES string of the molecule is CC(C)C1C[C@@H](C(=O)N[C@@H](CC(F)F)C(=O)NCCc2ccc(C(N)=O)cc2)N(C(=O)[C@@H](NC(=O)N[C@H](CN(C)S(C)(=O)=O)C(C)(C)C)C(C)(C)C)C1. The van der Waals surface area contributed by atoms with Crippen LogP contribution in [-0.4, -0.2) is 111 Å². The Morgan fingerprint density at radius 3 is 2.02 bits per heavy atom. The van der Waals surface area contributed by atoms with E-state index in [1.807, 2.05) is 34.6 Å². The fraction of sp³-hybridized carbons (Fsp3) is 0.694. The molecule has 53 heavy (non-hydrogen) atoms. The molecular weight excluding hydrogens is 713 g/mol. The largest absolute Gasteiger partial charge is 0.366 e. The third-order valence-electron chi connectivity index (χ3n) is 9.61. The molecule has 1 unspecified atom stereocenters. The van der Waals surface area contributed by atoms with E-state index in [0.717, 1.165) is 16.1 Å². The molecule has 1 aliphatic rings. The summed E-state index contributed by atoms with van der Waals surface area (Å²) in [4.78, 5) is 67.4. The first-order valence-electron chi connectivity index (χ1n) is 17.8. The van der Waals surface area contributed by atoms with Crippen LogP contribution in [0.25, 0.3) is 0 Å². The van der Waals surface area contributed by atoms with Crippen molar-refractivity contribution in [1.82, 2.24) is 30.5 Å². The number of hydrogen-bond donors (Lipinski definition) is 5. The Bertz CT molecular complexity index is 1560. The van der Waals surface area contributed by atoms with Gasteiger partial charge >= 0.3 is 6.03 Å². The standard InChI is InChI=1S/C36H59F2N7O7S/c1-21(2)24-17-26(32(48)41-25(18-28(37)38)31(47)40-16-15-22-11-13-23(14-12-22)30(39)46)45(19-24)33(49)29(36(6,7)8)43-34(50)42-27(35(3,4)5)20-44(9)53(10,51)52/h11-14,21,24-29H,15-20H2,1-10H3,(H2,39,46)(H,40,47)(H,41,48)(H2,42,43,50)/t24?,25-,26-,27+,29+/m0/s1. The highest BCUT2D eigenvalue weighted by molar-refractivity contribution is 7.88. The maximum Gasteiger partial charge on any atom is 0.315 e. The van der Waals surface area contributed by atoms with Crippen LogP contribution >= 0.6 is 0 Å². The van der Waals surface area contributed by atoms with Crippen molar-refractivity contribution in [2.24, 2.45) is 28.4 Å². The van der Waals surface area contributed by atoms with Gasteiger partial charge in [-0.05, 0) is 53.2 Å². The minimum Gasteiger partial charge on any atom is -0.366 e. The summed E-state index contributed by atoms with van der Waals surface area (Å²) in [7, 11) is -2.14. The second-order valence-corrected chi connectivity index (χ2v) is 18.5. The normalized spacial score (nSPS) is 18.4. The van der Waals surface area contributed by atoms with Gasteiger partial charge in [-0.2, -0.15) is 0 Å². The highest BCUT2D eigenvalue weighted by Gasteiger charge is 2.46. The van der Waals surface area contributed by atoms with Gasteiger partial charge in [-0.15, -0.1) is 0 Å². The molecule has 1 heterocycles. The Hall–Kier alpha value is -3.86. The van der Waals surface area contributed by atoms with Gasteiger partial charge in [0.1, 0.15) is 18.1 Å². The number of halogens is 2. The quantitative estimate of drug-likeness (QED) is 0.170. The maximum absolute atomic E-state index is 14.3. The molecule has 1 aliphatic heterocycles. The van der Waals surface area contributed by atoms with E-state index in [4.69, 9.17) is 5.73 Å². The topological polar surface area (TPSA) is 200 Å². The van der Waals surface area contributed by atoms with Gasteiger partial charge in [0.2, 0.25) is 40.1 Å². The predicted octanol–water partition coefficient (Wildman–Crippen LogP) is 2.48. The zero-order chi connectivity index (χ0) is 40.6. The zero-order valence-corrected chi connectivity index (χ0v) is 33.4. The van der Waals surface area contributed by atoms with Gasteiger partial charge in [0.05, 0.1) is 6.26 Å². The molecule has 1 fully saturated rings. The number of primary amides is 1. The maximum atomic E-state index is 14.3. The van der Waals surface area contributed by atoms with Crippen LogP contribution in [0.4, 0.5) is 13.6 Å². The Morgan fingerprint density at radius 1 is 0.962 bits per heavy atom. The number of likely N-dealkylation sites (N-methyl/N-ethyl adjacent to an activating group) is 1. The fourth-order valence-corrected chi connectivity index (χ4v) is 6.30. The van der Waals surface area contributed by atoms with Gasteiger partial charge < -0.3 is 31.9 Å². The lowest BCUT2D eigenvalue weighted by molar-refractivity contribution is -0.142. The minimum atomic E-state index is -3.55. The van der Waals surface area contributed by atoms with Crippen molar-refractivity contribution < 1.29 is 41.2 Å². The number of nitrogens with one attached hydrogen (secondary N) is 4. The van der Waals surface area contributed by atoms with Crippen LogP contribution in [0.2, 0.25) is 0 Å². The second-order valence-electron chi connectivity index (χ2n) is 16.4. The van der Waals surface area contributed by atoms with Crippen molar-refractivity contribution in [3.05, 3.63) is 35.4 Å². The van der Waals surface area contributed by atoms with Gasteiger partial charge in [0.25, 0.3) is 0 Å². The average Bonchev–Trinajstić information content (AvgIpc) is 3.47. The Morgan fingerprint density at radius 2 is 1.55 bits per heavy atom. The summed E-state index contributed by atoms with van der Waals surface area (Å²) in [6.45, 7) is 14.8. The number of carbonyl (C=O) groups is 5. The summed E-state index contributed by atoms with van der Waals surface area (Å²) in [5, 5.41) is 10.6. The van der Waals surface area contributed by atoms with Crippen molar-refractivity contribution in [1.29, 1.82) is 0 Å². The van der Waals surface area contributed by atoms with Crippen molar-refractivity contribution in [3.63, 3.8) is 0 Å². The van der Waals surface area contributed by atoms with E-state index >= 15 is 0 Å². The molecule has 1 aromatic rings. The predicted molar refractivity (Wildman–Crippen MR) is 198 cm³/mol. The van der Waals surface area contributed by atoms with Crippen molar-refractivity contribution in [3.8, 4) is 0 Å². The number of hydrogen-bond acceptors (Lipinski definition) is 7. The van der Waals surface area contributed by atoms with E-state index in [9.17, 15) is 41.2 Å². The molecule has 1 aromatic carbocycles. The monoisotopic (exact) mass is 771 g/mol. The lowest BCUT2D eigenvalue weighted by Crippen LogP contribution is -2.62. The van der Waals surface area contributed by atoms with Gasteiger partial charge in [-0.1, -0.05) is 67.5 Å². The number of sulfonamides is 1. The van der Waals surface area contributed by atoms with Crippen LogP contribution in [0.15, 0.2) is 24.3 Å². The van der Waals surface area contributed by atoms with E-state index in [2.05, 4.69) is 21.3 Å². The molecule has 17 heteroatoms. The molecule has 0 radical (unpaired) electrons. The third kappa shape index (κ3) is 13.8. The number of amides is 6. The number of carbonyl (C=O) groups excluding carboxylic acids is 5. The Balaban J connectivity index is 2.27. The Labute approximate surface area is 312 Å². The summed E-state index contributed by atoms with van der Waals surface area (Å²) in [5.41, 5.74) is 4.91. The van der Waals surface area contributed by atoms with Crippen LogP contribution in [-0.2, 0) is 30.8 Å². The van der Waals surface area contributed by atoms with Gasteiger partial charge in [0, 0.05) is 44.7 Å². The number of alkyl halides is 2. The van der Waals surface area contributed by atoms with E-state index in [-0.39, 0.29) is 37.9 Å². The van der Waals surface area contributed by atoms with Crippen LogP contribution in [0.3, 0.4) is 0 Å². The molecule has 0 saturated carbocycles. The molecule has 6 amide bonds. The summed E-state index contributed by atoms with van der Waals surface area (Å²) >= 11 is 0. The first-order valence-corrected chi connectivity index (χ1v) is 19.6. The molecule has 1 saturated heterocycles. The van der Waals surface area contributed by atoms with E-state index < -0.39 is 87.5 Å². The van der Waals surface area contributed by atoms with Crippen molar-refractivity contribution >= 4 is 39.7 Å². The number of rotatable bonds is 16. The fourth-order valence-electron chi connectivity index (χ4n) is 5.88. The average molecular weight is 772 g/mol. The number of nitrogens with zero attached hydrogens (tertiary/aromatic N) is 2. The van der Waals surface area contributed by atoms with Crippen LogP contribution in [0.5, 0.6) is 0 Å². The van der Waals surface area contributed by atoms with Crippen LogP contribution < -0.4 is 27.0 Å². The number of nitrogens with two attached hydrogens (primary N) is 1. The third-order valence-corrected chi connectivity index (χ3v) is 10.9. The molecule has 0 aliphatic carbocycles. The molecule has 2 rings (SSSR count). The molecular formula is C36H59F2N7O7S.